The van der Waals surface area contributed by atoms with Gasteiger partial charge in [-0.1, -0.05) is 11.6 Å². The van der Waals surface area contributed by atoms with Crippen LogP contribution in [0.1, 0.15) is 5.56 Å². The Morgan fingerprint density at radius 3 is 2.28 bits per heavy atom. The molecule has 0 saturated heterocycles. The average Bonchev–Trinajstić information content (AvgIpc) is 2.39. The zero-order valence-electron chi connectivity index (χ0n) is 10.6. The van der Waals surface area contributed by atoms with Crippen LogP contribution in [-0.4, -0.2) is 40.5 Å². The van der Waals surface area contributed by atoms with Crippen LogP contribution in [0.25, 0.3) is 0 Å². The first-order valence-corrected chi connectivity index (χ1v) is 6.03. The summed E-state index contributed by atoms with van der Waals surface area (Å²) in [6.07, 6.45) is 0. The zero-order chi connectivity index (χ0) is 13.4. The molecule has 98 valence electrons. The molecule has 1 aromatic carbocycles. The number of methoxy groups -OCH3 is 2. The lowest BCUT2D eigenvalue weighted by Gasteiger charge is -2.25. The van der Waals surface area contributed by atoms with Crippen molar-refractivity contribution in [3.8, 4) is 6.07 Å². The normalized spacial score (nSPS) is 10.1. The van der Waals surface area contributed by atoms with Gasteiger partial charge in [-0.05, 0) is 18.2 Å². The summed E-state index contributed by atoms with van der Waals surface area (Å²) in [6, 6.07) is 7.35. The maximum Gasteiger partial charge on any atom is 0.0992 e. The van der Waals surface area contributed by atoms with Crippen molar-refractivity contribution in [1.82, 2.24) is 0 Å². The van der Waals surface area contributed by atoms with Crippen LogP contribution < -0.4 is 4.90 Å². The monoisotopic (exact) mass is 268 g/mol. The highest BCUT2D eigenvalue weighted by molar-refractivity contribution is 6.33. The van der Waals surface area contributed by atoms with Gasteiger partial charge in [0.05, 0.1) is 35.6 Å². The van der Waals surface area contributed by atoms with Gasteiger partial charge in [0.1, 0.15) is 0 Å². The first kappa shape index (κ1) is 14.8. The number of hydrogen-bond acceptors (Lipinski definition) is 4. The van der Waals surface area contributed by atoms with Gasteiger partial charge in [-0.25, -0.2) is 0 Å². The Balaban J connectivity index is 2.86. The Labute approximate surface area is 113 Å². The molecule has 0 fully saturated rings. The van der Waals surface area contributed by atoms with Crippen LogP contribution in [0.4, 0.5) is 5.69 Å². The molecule has 0 atom stereocenters. The highest BCUT2D eigenvalue weighted by Gasteiger charge is 2.10. The molecule has 0 amide bonds. The van der Waals surface area contributed by atoms with Crippen molar-refractivity contribution in [2.45, 2.75) is 0 Å². The van der Waals surface area contributed by atoms with Gasteiger partial charge in [0.15, 0.2) is 0 Å². The number of nitrogens with zero attached hydrogens (tertiary/aromatic N) is 2. The minimum atomic E-state index is 0.558. The SMILES string of the molecule is COCCN(CCOC)c1ccc(C#N)cc1Cl. The summed E-state index contributed by atoms with van der Waals surface area (Å²) in [7, 11) is 3.32. The number of hydrogen-bond donors (Lipinski definition) is 0. The minimum Gasteiger partial charge on any atom is -0.383 e. The molecule has 0 aliphatic rings. The van der Waals surface area contributed by atoms with Crippen LogP contribution in [0, 0.1) is 11.3 Å². The maximum atomic E-state index is 8.81. The molecule has 1 rings (SSSR count). The first-order valence-electron chi connectivity index (χ1n) is 5.65. The molecule has 0 spiro atoms. The van der Waals surface area contributed by atoms with E-state index in [9.17, 15) is 0 Å². The fourth-order valence-electron chi connectivity index (χ4n) is 1.59. The van der Waals surface area contributed by atoms with E-state index in [0.717, 1.165) is 18.8 Å². The van der Waals surface area contributed by atoms with Crippen LogP contribution in [0.15, 0.2) is 18.2 Å². The van der Waals surface area contributed by atoms with E-state index in [1.54, 1.807) is 26.4 Å². The third kappa shape index (κ3) is 4.19. The number of ether oxygens (including phenoxy) is 2. The van der Waals surface area contributed by atoms with E-state index in [2.05, 4.69) is 11.0 Å². The Kier molecular flexibility index (Phi) is 6.51. The Morgan fingerprint density at radius 2 is 1.83 bits per heavy atom. The van der Waals surface area contributed by atoms with Crippen LogP contribution >= 0.6 is 11.6 Å². The molecule has 0 aromatic heterocycles. The predicted molar refractivity (Wildman–Crippen MR) is 72.1 cm³/mol. The summed E-state index contributed by atoms with van der Waals surface area (Å²) in [5.41, 5.74) is 1.45. The topological polar surface area (TPSA) is 45.5 Å². The summed E-state index contributed by atoms with van der Waals surface area (Å²) >= 11 is 6.19. The van der Waals surface area contributed by atoms with Gasteiger partial charge in [-0.15, -0.1) is 0 Å². The standard InChI is InChI=1S/C13H17ClN2O2/c1-17-7-5-16(6-8-18-2)13-4-3-11(10-15)9-12(13)14/h3-4,9H,5-8H2,1-2H3. The number of anilines is 1. The predicted octanol–water partition coefficient (Wildman–Crippen LogP) is 2.31. The minimum absolute atomic E-state index is 0.558. The Hall–Kier alpha value is -1.28. The first-order chi connectivity index (χ1) is 8.72. The molecule has 0 heterocycles. The van der Waals surface area contributed by atoms with E-state index < -0.39 is 0 Å². The summed E-state index contributed by atoms with van der Waals surface area (Å²) in [5, 5.41) is 9.38. The summed E-state index contributed by atoms with van der Waals surface area (Å²) in [6.45, 7) is 2.68. The summed E-state index contributed by atoms with van der Waals surface area (Å²) in [5.74, 6) is 0. The molecule has 1 aromatic rings. The fraction of sp³-hybridized carbons (Fsp3) is 0.462. The van der Waals surface area contributed by atoms with Gasteiger partial charge in [0.2, 0.25) is 0 Å². The lowest BCUT2D eigenvalue weighted by Crippen LogP contribution is -2.30. The highest BCUT2D eigenvalue weighted by Crippen LogP contribution is 2.26. The molecule has 0 saturated carbocycles. The fourth-order valence-corrected chi connectivity index (χ4v) is 1.89. The number of benzene rings is 1. The molecule has 0 radical (unpaired) electrons. The van der Waals surface area contributed by atoms with E-state index in [1.165, 1.54) is 0 Å². The van der Waals surface area contributed by atoms with Crippen LogP contribution in [0.2, 0.25) is 5.02 Å². The number of nitriles is 1. The zero-order valence-corrected chi connectivity index (χ0v) is 11.4. The van der Waals surface area contributed by atoms with Gasteiger partial charge in [0, 0.05) is 27.3 Å². The van der Waals surface area contributed by atoms with E-state index in [1.807, 2.05) is 6.07 Å². The molecular formula is C13H17ClN2O2. The largest absolute Gasteiger partial charge is 0.383 e. The molecule has 0 N–H and O–H groups in total. The second-order valence-electron chi connectivity index (χ2n) is 3.75. The lowest BCUT2D eigenvalue weighted by atomic mass is 10.2. The van der Waals surface area contributed by atoms with Crippen molar-refractivity contribution >= 4 is 17.3 Å². The van der Waals surface area contributed by atoms with Gasteiger partial charge in [-0.2, -0.15) is 5.26 Å². The lowest BCUT2D eigenvalue weighted by molar-refractivity contribution is 0.190. The molecular weight excluding hydrogens is 252 g/mol. The molecule has 0 aliphatic carbocycles. The van der Waals surface area contributed by atoms with E-state index >= 15 is 0 Å². The van der Waals surface area contributed by atoms with Gasteiger partial charge < -0.3 is 14.4 Å². The van der Waals surface area contributed by atoms with Gasteiger partial charge >= 0.3 is 0 Å². The molecule has 0 aliphatic heterocycles. The van der Waals surface area contributed by atoms with E-state index in [4.69, 9.17) is 26.3 Å². The van der Waals surface area contributed by atoms with Crippen LogP contribution in [-0.2, 0) is 9.47 Å². The average molecular weight is 269 g/mol. The van der Waals surface area contributed by atoms with Crippen molar-refractivity contribution in [2.24, 2.45) is 0 Å². The summed E-state index contributed by atoms with van der Waals surface area (Å²) < 4.78 is 10.2. The van der Waals surface area contributed by atoms with E-state index in [-0.39, 0.29) is 0 Å². The molecule has 0 bridgehead atoms. The molecule has 0 unspecified atom stereocenters. The van der Waals surface area contributed by atoms with Crippen LogP contribution in [0.3, 0.4) is 0 Å². The number of halogens is 1. The quantitative estimate of drug-likeness (QED) is 0.761. The van der Waals surface area contributed by atoms with Crippen molar-refractivity contribution in [2.75, 3.05) is 45.4 Å². The molecule has 4 nitrogen and oxygen atoms in total. The molecule has 5 heteroatoms. The second-order valence-corrected chi connectivity index (χ2v) is 4.16. The molecule has 18 heavy (non-hydrogen) atoms. The Morgan fingerprint density at radius 1 is 1.22 bits per heavy atom. The van der Waals surface area contributed by atoms with Crippen molar-refractivity contribution in [3.63, 3.8) is 0 Å². The van der Waals surface area contributed by atoms with Gasteiger partial charge in [-0.3, -0.25) is 0 Å². The third-order valence-corrected chi connectivity index (χ3v) is 2.85. The van der Waals surface area contributed by atoms with Crippen molar-refractivity contribution in [1.29, 1.82) is 5.26 Å². The smallest absolute Gasteiger partial charge is 0.0992 e. The van der Waals surface area contributed by atoms with Crippen molar-refractivity contribution < 1.29 is 9.47 Å². The van der Waals surface area contributed by atoms with Crippen LogP contribution in [0.5, 0.6) is 0 Å². The van der Waals surface area contributed by atoms with Crippen molar-refractivity contribution in [3.05, 3.63) is 28.8 Å². The number of rotatable bonds is 7. The van der Waals surface area contributed by atoms with Gasteiger partial charge in [0.25, 0.3) is 0 Å². The van der Waals surface area contributed by atoms with E-state index in [0.29, 0.717) is 23.8 Å². The second kappa shape index (κ2) is 7.93. The summed E-state index contributed by atoms with van der Waals surface area (Å²) in [4.78, 5) is 2.08. The highest BCUT2D eigenvalue weighted by atomic mass is 35.5. The third-order valence-electron chi connectivity index (χ3n) is 2.55. The Bertz CT molecular complexity index is 410. The maximum absolute atomic E-state index is 8.81.